The number of amides is 1. The zero-order valence-corrected chi connectivity index (χ0v) is 18.3. The van der Waals surface area contributed by atoms with Crippen molar-refractivity contribution in [3.63, 3.8) is 0 Å². The molecule has 0 saturated heterocycles. The van der Waals surface area contributed by atoms with Gasteiger partial charge in [0.2, 0.25) is 0 Å². The first kappa shape index (κ1) is 22.2. The molecule has 0 aromatic heterocycles. The second kappa shape index (κ2) is 9.53. The van der Waals surface area contributed by atoms with Crippen LogP contribution in [0.3, 0.4) is 0 Å². The van der Waals surface area contributed by atoms with Crippen molar-refractivity contribution in [1.82, 2.24) is 0 Å². The number of hydrogen-bond donors (Lipinski definition) is 2. The molecule has 2 N–H and O–H groups in total. The number of ether oxygens (including phenoxy) is 2. The molecule has 0 unspecified atom stereocenters. The summed E-state index contributed by atoms with van der Waals surface area (Å²) >= 11 is 0. The van der Waals surface area contributed by atoms with Gasteiger partial charge in [-0.3, -0.25) is 9.52 Å². The highest BCUT2D eigenvalue weighted by molar-refractivity contribution is 7.92. The number of aryl methyl sites for hydroxylation is 2. The first-order valence-corrected chi connectivity index (χ1v) is 11.0. The van der Waals surface area contributed by atoms with E-state index in [1.165, 1.54) is 24.3 Å². The fourth-order valence-corrected chi connectivity index (χ4v) is 4.11. The van der Waals surface area contributed by atoms with Gasteiger partial charge in [-0.15, -0.1) is 0 Å². The Balaban J connectivity index is 1.60. The number of rotatable bonds is 8. The van der Waals surface area contributed by atoms with Gasteiger partial charge in [-0.2, -0.15) is 0 Å². The van der Waals surface area contributed by atoms with Crippen molar-refractivity contribution in [2.45, 2.75) is 18.7 Å². The van der Waals surface area contributed by atoms with Crippen molar-refractivity contribution < 1.29 is 22.7 Å². The van der Waals surface area contributed by atoms with Crippen LogP contribution in [-0.4, -0.2) is 28.0 Å². The number of anilines is 2. The standard InChI is InChI=1S/C23H24N2O5S/c1-16-5-4-6-17(2)23(16)25-31(27,28)21-13-7-18(8-14-21)24-22(26)15-30-20-11-9-19(29-3)10-12-20/h4-14,25H,15H2,1-3H3,(H,24,26). The Morgan fingerprint density at radius 2 is 1.45 bits per heavy atom. The minimum atomic E-state index is -3.75. The SMILES string of the molecule is COc1ccc(OCC(=O)Nc2ccc(S(=O)(=O)Nc3c(C)cccc3C)cc2)cc1. The highest BCUT2D eigenvalue weighted by atomic mass is 32.2. The summed E-state index contributed by atoms with van der Waals surface area (Å²) in [5, 5.41) is 2.68. The van der Waals surface area contributed by atoms with E-state index in [1.807, 2.05) is 32.0 Å². The van der Waals surface area contributed by atoms with Gasteiger partial charge in [-0.1, -0.05) is 18.2 Å². The highest BCUT2D eigenvalue weighted by Gasteiger charge is 2.16. The predicted molar refractivity (Wildman–Crippen MR) is 120 cm³/mol. The zero-order valence-electron chi connectivity index (χ0n) is 17.5. The van der Waals surface area contributed by atoms with Crippen molar-refractivity contribution in [2.75, 3.05) is 23.8 Å². The Labute approximate surface area is 182 Å². The molecule has 162 valence electrons. The van der Waals surface area contributed by atoms with Crippen LogP contribution in [0.25, 0.3) is 0 Å². The first-order valence-electron chi connectivity index (χ1n) is 9.54. The van der Waals surface area contributed by atoms with Gasteiger partial charge in [0.15, 0.2) is 6.61 Å². The average molecular weight is 441 g/mol. The van der Waals surface area contributed by atoms with Crippen molar-refractivity contribution in [2.24, 2.45) is 0 Å². The van der Waals surface area contributed by atoms with E-state index in [1.54, 1.807) is 31.4 Å². The van der Waals surface area contributed by atoms with Gasteiger partial charge in [0.1, 0.15) is 11.5 Å². The summed E-state index contributed by atoms with van der Waals surface area (Å²) in [7, 11) is -2.18. The van der Waals surface area contributed by atoms with Crippen LogP contribution in [0.5, 0.6) is 11.5 Å². The van der Waals surface area contributed by atoms with Gasteiger partial charge >= 0.3 is 0 Å². The van der Waals surface area contributed by atoms with Crippen LogP contribution in [0.15, 0.2) is 71.6 Å². The van der Waals surface area contributed by atoms with E-state index in [-0.39, 0.29) is 17.4 Å². The molecule has 0 spiro atoms. The Morgan fingerprint density at radius 1 is 0.871 bits per heavy atom. The lowest BCUT2D eigenvalue weighted by Gasteiger charge is -2.13. The predicted octanol–water partition coefficient (Wildman–Crippen LogP) is 4.13. The van der Waals surface area contributed by atoms with Crippen molar-refractivity contribution in [3.05, 3.63) is 77.9 Å². The van der Waals surface area contributed by atoms with Gasteiger partial charge in [-0.05, 0) is 73.5 Å². The van der Waals surface area contributed by atoms with Gasteiger partial charge in [0.25, 0.3) is 15.9 Å². The largest absolute Gasteiger partial charge is 0.497 e. The third-order valence-electron chi connectivity index (χ3n) is 4.60. The smallest absolute Gasteiger partial charge is 0.262 e. The number of carbonyl (C=O) groups is 1. The van der Waals surface area contributed by atoms with E-state index < -0.39 is 10.0 Å². The third-order valence-corrected chi connectivity index (χ3v) is 5.96. The zero-order chi connectivity index (χ0) is 22.4. The van der Waals surface area contributed by atoms with Crippen molar-refractivity contribution in [3.8, 4) is 11.5 Å². The summed E-state index contributed by atoms with van der Waals surface area (Å²) in [6, 6.07) is 18.4. The molecule has 1 amide bonds. The normalized spacial score (nSPS) is 10.9. The molecule has 7 nitrogen and oxygen atoms in total. The number of carbonyl (C=O) groups excluding carboxylic acids is 1. The molecule has 31 heavy (non-hydrogen) atoms. The summed E-state index contributed by atoms with van der Waals surface area (Å²) in [6.45, 7) is 3.51. The van der Waals surface area contributed by atoms with Crippen molar-refractivity contribution in [1.29, 1.82) is 0 Å². The topological polar surface area (TPSA) is 93.7 Å². The summed E-state index contributed by atoms with van der Waals surface area (Å²) in [5.41, 5.74) is 2.71. The van der Waals surface area contributed by atoms with E-state index in [0.717, 1.165) is 11.1 Å². The molecule has 3 aromatic carbocycles. The van der Waals surface area contributed by atoms with Crippen LogP contribution in [0.2, 0.25) is 0 Å². The van der Waals surface area contributed by atoms with E-state index in [2.05, 4.69) is 10.0 Å². The number of benzene rings is 3. The maximum atomic E-state index is 12.7. The minimum Gasteiger partial charge on any atom is -0.497 e. The van der Waals surface area contributed by atoms with Crippen LogP contribution >= 0.6 is 0 Å². The molecule has 3 aromatic rings. The maximum Gasteiger partial charge on any atom is 0.262 e. The van der Waals surface area contributed by atoms with Crippen molar-refractivity contribution >= 4 is 27.3 Å². The quantitative estimate of drug-likeness (QED) is 0.549. The Bertz CT molecular complexity index is 1140. The summed E-state index contributed by atoms with van der Waals surface area (Å²) in [6.07, 6.45) is 0. The summed E-state index contributed by atoms with van der Waals surface area (Å²) in [4.78, 5) is 12.2. The monoisotopic (exact) mass is 440 g/mol. The summed E-state index contributed by atoms with van der Waals surface area (Å²) < 4.78 is 38.6. The second-order valence-electron chi connectivity index (χ2n) is 6.91. The number of methoxy groups -OCH3 is 1. The molecular weight excluding hydrogens is 416 g/mol. The van der Waals surface area contributed by atoms with E-state index in [0.29, 0.717) is 22.9 Å². The third kappa shape index (κ3) is 5.76. The van der Waals surface area contributed by atoms with Gasteiger partial charge in [0.05, 0.1) is 17.7 Å². The number of nitrogens with one attached hydrogen (secondary N) is 2. The lowest BCUT2D eigenvalue weighted by molar-refractivity contribution is -0.118. The van der Waals surface area contributed by atoms with E-state index in [4.69, 9.17) is 9.47 Å². The molecule has 0 saturated carbocycles. The van der Waals surface area contributed by atoms with Crippen LogP contribution in [0.4, 0.5) is 11.4 Å². The molecule has 0 bridgehead atoms. The van der Waals surface area contributed by atoms with Crippen LogP contribution in [-0.2, 0) is 14.8 Å². The fraction of sp³-hybridized carbons (Fsp3) is 0.174. The lowest BCUT2D eigenvalue weighted by atomic mass is 10.1. The molecule has 0 radical (unpaired) electrons. The Morgan fingerprint density at radius 3 is 2.03 bits per heavy atom. The Hall–Kier alpha value is -3.52. The molecule has 0 aliphatic rings. The average Bonchev–Trinajstić information content (AvgIpc) is 2.76. The van der Waals surface area contributed by atoms with Crippen LogP contribution in [0, 0.1) is 13.8 Å². The maximum absolute atomic E-state index is 12.7. The number of sulfonamides is 1. The van der Waals surface area contributed by atoms with E-state index >= 15 is 0 Å². The number of hydrogen-bond acceptors (Lipinski definition) is 5. The molecule has 0 aliphatic heterocycles. The minimum absolute atomic E-state index is 0.0997. The van der Waals surface area contributed by atoms with Gasteiger partial charge in [0, 0.05) is 5.69 Å². The molecule has 8 heteroatoms. The van der Waals surface area contributed by atoms with E-state index in [9.17, 15) is 13.2 Å². The van der Waals surface area contributed by atoms with Gasteiger partial charge in [-0.25, -0.2) is 8.42 Å². The highest BCUT2D eigenvalue weighted by Crippen LogP contribution is 2.24. The fourth-order valence-electron chi connectivity index (χ4n) is 2.90. The first-order chi connectivity index (χ1) is 14.8. The van der Waals surface area contributed by atoms with Crippen LogP contribution in [0.1, 0.15) is 11.1 Å². The van der Waals surface area contributed by atoms with Crippen LogP contribution < -0.4 is 19.5 Å². The molecular formula is C23H24N2O5S. The molecule has 3 rings (SSSR count). The lowest BCUT2D eigenvalue weighted by Crippen LogP contribution is -2.20. The molecule has 0 atom stereocenters. The number of para-hydroxylation sites is 1. The molecule has 0 fully saturated rings. The Kier molecular flexibility index (Phi) is 6.81. The molecule has 0 aliphatic carbocycles. The summed E-state index contributed by atoms with van der Waals surface area (Å²) in [5.74, 6) is 0.869. The van der Waals surface area contributed by atoms with Gasteiger partial charge < -0.3 is 14.8 Å². The second-order valence-corrected chi connectivity index (χ2v) is 8.59. The molecule has 0 heterocycles.